The zero-order chi connectivity index (χ0) is 24.6. The SMILES string of the molecule is Cc1ccc(S(=O)(=O)n2cc(NC(=O)c3cnn(Cc4ccccc4)c3)c3c2=NCC(Br)C=3)cc1. The van der Waals surface area contributed by atoms with Crippen molar-refractivity contribution in [3.05, 3.63) is 101 Å². The molecular weight excluding hydrogens is 530 g/mol. The second kappa shape index (κ2) is 9.27. The van der Waals surface area contributed by atoms with E-state index in [0.717, 1.165) is 15.1 Å². The van der Waals surface area contributed by atoms with Crippen molar-refractivity contribution in [2.45, 2.75) is 23.2 Å². The highest BCUT2D eigenvalue weighted by molar-refractivity contribution is 9.09. The predicted octanol–water partition coefficient (Wildman–Crippen LogP) is 2.71. The number of rotatable bonds is 6. The number of hydrogen-bond acceptors (Lipinski definition) is 5. The molecule has 1 aliphatic heterocycles. The van der Waals surface area contributed by atoms with Gasteiger partial charge in [-0.1, -0.05) is 70.0 Å². The van der Waals surface area contributed by atoms with Crippen LogP contribution in [0.4, 0.5) is 5.69 Å². The first-order valence-corrected chi connectivity index (χ1v) is 13.3. The molecule has 5 rings (SSSR count). The quantitative estimate of drug-likeness (QED) is 0.372. The van der Waals surface area contributed by atoms with Crippen molar-refractivity contribution in [3.8, 4) is 0 Å². The molecule has 1 amide bonds. The van der Waals surface area contributed by atoms with Gasteiger partial charge in [0.1, 0.15) is 0 Å². The molecule has 1 atom stereocenters. The Labute approximate surface area is 210 Å². The Morgan fingerprint density at radius 2 is 1.86 bits per heavy atom. The summed E-state index contributed by atoms with van der Waals surface area (Å²) in [6, 6.07) is 16.4. The third-order valence-corrected chi connectivity index (χ3v) is 7.88. The van der Waals surface area contributed by atoms with Crippen LogP contribution in [0.15, 0.2) is 83.1 Å². The van der Waals surface area contributed by atoms with Crippen molar-refractivity contribution in [2.24, 2.45) is 4.99 Å². The van der Waals surface area contributed by atoms with Crippen LogP contribution in [0.2, 0.25) is 0 Å². The average Bonchev–Trinajstić information content (AvgIpc) is 3.45. The number of alkyl halides is 1. The first kappa shape index (κ1) is 23.3. The predicted molar refractivity (Wildman–Crippen MR) is 137 cm³/mol. The van der Waals surface area contributed by atoms with Gasteiger partial charge in [0.25, 0.3) is 15.9 Å². The van der Waals surface area contributed by atoms with Crippen molar-refractivity contribution in [2.75, 3.05) is 11.9 Å². The van der Waals surface area contributed by atoms with Crippen molar-refractivity contribution >= 4 is 43.6 Å². The number of fused-ring (bicyclic) bond motifs is 1. The molecule has 0 radical (unpaired) electrons. The fraction of sp³-hybridized carbons (Fsp3) is 0.160. The Balaban J connectivity index is 1.47. The third kappa shape index (κ3) is 4.71. The van der Waals surface area contributed by atoms with Crippen molar-refractivity contribution in [1.29, 1.82) is 0 Å². The molecule has 2 aromatic carbocycles. The average molecular weight is 552 g/mol. The molecule has 0 saturated carbocycles. The summed E-state index contributed by atoms with van der Waals surface area (Å²) in [6.07, 6.45) is 6.43. The molecule has 1 aliphatic rings. The Hall–Kier alpha value is -3.50. The number of aryl methyl sites for hydroxylation is 1. The molecule has 0 aliphatic carbocycles. The Morgan fingerprint density at radius 3 is 2.60 bits per heavy atom. The lowest BCUT2D eigenvalue weighted by Crippen LogP contribution is -2.38. The van der Waals surface area contributed by atoms with Gasteiger partial charge in [0.05, 0.1) is 40.3 Å². The van der Waals surface area contributed by atoms with Gasteiger partial charge in [0.2, 0.25) is 0 Å². The highest BCUT2D eigenvalue weighted by Gasteiger charge is 2.24. The van der Waals surface area contributed by atoms with Crippen molar-refractivity contribution < 1.29 is 13.2 Å². The summed E-state index contributed by atoms with van der Waals surface area (Å²) in [4.78, 5) is 17.6. The summed E-state index contributed by atoms with van der Waals surface area (Å²) in [5, 5.41) is 7.69. The first-order valence-electron chi connectivity index (χ1n) is 10.9. The van der Waals surface area contributed by atoms with Gasteiger partial charge in [0.15, 0.2) is 5.49 Å². The van der Waals surface area contributed by atoms with Gasteiger partial charge in [-0.15, -0.1) is 0 Å². The number of nitrogens with zero attached hydrogens (tertiary/aromatic N) is 4. The van der Waals surface area contributed by atoms with Crippen molar-refractivity contribution in [3.63, 3.8) is 0 Å². The lowest BCUT2D eigenvalue weighted by atomic mass is 10.2. The minimum absolute atomic E-state index is 0.0720. The zero-order valence-electron chi connectivity index (χ0n) is 18.8. The highest BCUT2D eigenvalue weighted by atomic mass is 79.9. The van der Waals surface area contributed by atoms with E-state index >= 15 is 0 Å². The zero-order valence-corrected chi connectivity index (χ0v) is 21.2. The van der Waals surface area contributed by atoms with E-state index < -0.39 is 10.0 Å². The van der Waals surface area contributed by atoms with Crippen LogP contribution in [0.3, 0.4) is 0 Å². The lowest BCUT2D eigenvalue weighted by Gasteiger charge is -2.08. The molecule has 0 bridgehead atoms. The second-order valence-corrected chi connectivity index (χ2v) is 11.3. The molecule has 0 spiro atoms. The van der Waals surface area contributed by atoms with Crippen LogP contribution in [-0.4, -0.2) is 39.4 Å². The summed E-state index contributed by atoms with van der Waals surface area (Å²) >= 11 is 3.52. The molecule has 2 aromatic heterocycles. The molecule has 1 unspecified atom stereocenters. The van der Waals surface area contributed by atoms with Gasteiger partial charge >= 0.3 is 0 Å². The fourth-order valence-corrected chi connectivity index (χ4v) is 5.60. The first-order chi connectivity index (χ1) is 16.8. The molecule has 0 saturated heterocycles. The summed E-state index contributed by atoms with van der Waals surface area (Å²) in [5.74, 6) is -0.387. The second-order valence-electron chi connectivity index (χ2n) is 8.28. The number of benzene rings is 2. The van der Waals surface area contributed by atoms with Gasteiger partial charge < -0.3 is 5.32 Å². The fourth-order valence-electron chi connectivity index (χ4n) is 3.85. The van der Waals surface area contributed by atoms with Crippen molar-refractivity contribution in [1.82, 2.24) is 13.8 Å². The van der Waals surface area contributed by atoms with E-state index in [-0.39, 0.29) is 21.1 Å². The topological polar surface area (TPSA) is 98.4 Å². The molecule has 0 fully saturated rings. The summed E-state index contributed by atoms with van der Waals surface area (Å²) < 4.78 is 29.6. The number of aromatic nitrogens is 3. The van der Waals surface area contributed by atoms with E-state index in [1.807, 2.05) is 43.3 Å². The van der Waals surface area contributed by atoms with Crippen LogP contribution >= 0.6 is 15.9 Å². The number of amides is 1. The van der Waals surface area contributed by atoms with Gasteiger partial charge in [-0.2, -0.15) is 5.10 Å². The molecule has 10 heteroatoms. The number of nitrogens with one attached hydrogen (secondary N) is 1. The molecule has 3 heterocycles. The van der Waals surface area contributed by atoms with Gasteiger partial charge in [0, 0.05) is 17.6 Å². The van der Waals surface area contributed by atoms with E-state index in [1.54, 1.807) is 35.1 Å². The van der Waals surface area contributed by atoms with E-state index in [0.29, 0.717) is 29.6 Å². The van der Waals surface area contributed by atoms with E-state index in [1.165, 1.54) is 12.4 Å². The van der Waals surface area contributed by atoms with E-state index in [2.05, 4.69) is 31.3 Å². The number of carbonyl (C=O) groups excluding carboxylic acids is 1. The molecular formula is C25H22BrN5O3S. The monoisotopic (exact) mass is 551 g/mol. The molecule has 35 heavy (non-hydrogen) atoms. The lowest BCUT2D eigenvalue weighted by molar-refractivity contribution is 0.102. The molecule has 4 aromatic rings. The molecule has 178 valence electrons. The van der Waals surface area contributed by atoms with Gasteiger partial charge in [-0.05, 0) is 24.6 Å². The molecule has 1 N–H and O–H groups in total. The minimum atomic E-state index is -3.90. The smallest absolute Gasteiger partial charge is 0.269 e. The van der Waals surface area contributed by atoms with Gasteiger partial charge in [-0.25, -0.2) is 12.4 Å². The number of carbonyl (C=O) groups is 1. The number of hydrogen-bond donors (Lipinski definition) is 1. The summed E-state index contributed by atoms with van der Waals surface area (Å²) in [5.41, 5.74) is 3.04. The van der Waals surface area contributed by atoms with Crippen LogP contribution in [0.5, 0.6) is 0 Å². The Bertz CT molecular complexity index is 1620. The summed E-state index contributed by atoms with van der Waals surface area (Å²) in [7, 11) is -3.90. The van der Waals surface area contributed by atoms with E-state index in [9.17, 15) is 13.2 Å². The largest absolute Gasteiger partial charge is 0.320 e. The van der Waals surface area contributed by atoms with Crippen LogP contribution in [0, 0.1) is 6.92 Å². The number of anilines is 1. The van der Waals surface area contributed by atoms with Crippen LogP contribution in [0.25, 0.3) is 6.08 Å². The summed E-state index contributed by atoms with van der Waals surface area (Å²) in [6.45, 7) is 2.82. The maximum Gasteiger partial charge on any atom is 0.269 e. The van der Waals surface area contributed by atoms with Crippen LogP contribution in [0.1, 0.15) is 21.5 Å². The van der Waals surface area contributed by atoms with Gasteiger partial charge in [-0.3, -0.25) is 14.5 Å². The minimum Gasteiger partial charge on any atom is -0.320 e. The Morgan fingerprint density at radius 1 is 1.11 bits per heavy atom. The number of halogens is 1. The standard InChI is InChI=1S/C25H22BrN5O3S/c1-17-7-9-21(10-8-17)35(33,34)31-16-23(22-11-20(26)13-27-24(22)31)29-25(32)19-12-28-30(15-19)14-18-5-3-2-4-6-18/h2-12,15-16,20H,13-14H2,1H3,(H,29,32). The molecule has 8 nitrogen and oxygen atoms in total. The normalized spacial score (nSPS) is 15.1. The van der Waals surface area contributed by atoms with Crippen LogP contribution in [-0.2, 0) is 16.6 Å². The Kier molecular flexibility index (Phi) is 6.16. The maximum atomic E-state index is 13.4. The van der Waals surface area contributed by atoms with E-state index in [4.69, 9.17) is 0 Å². The van der Waals surface area contributed by atoms with Crippen LogP contribution < -0.4 is 16.0 Å². The highest BCUT2D eigenvalue weighted by Crippen LogP contribution is 2.16. The maximum absolute atomic E-state index is 13.4. The third-order valence-electron chi connectivity index (χ3n) is 5.66.